The quantitative estimate of drug-likeness (QED) is 0.0155. The lowest BCUT2D eigenvalue weighted by Gasteiger charge is -2.24. The van der Waals surface area contributed by atoms with E-state index < -0.39 is 38.6 Å². The number of hydrogen-bond donors (Lipinski definition) is 2. The van der Waals surface area contributed by atoms with Gasteiger partial charge < -0.3 is 24.0 Å². The number of phosphoric ester groups is 1. The maximum absolute atomic E-state index is 12.7. The van der Waals surface area contributed by atoms with Crippen LogP contribution in [0.1, 0.15) is 136 Å². The van der Waals surface area contributed by atoms with E-state index in [-0.39, 0.29) is 26.1 Å². The van der Waals surface area contributed by atoms with E-state index in [2.05, 4.69) is 68.5 Å². The first-order valence-corrected chi connectivity index (χ1v) is 24.2. The maximum Gasteiger partial charge on any atom is 0.472 e. The fourth-order valence-electron chi connectivity index (χ4n) is 5.25. The molecule has 0 aliphatic rings. The molecule has 2 N–H and O–H groups in total. The van der Waals surface area contributed by atoms with E-state index in [0.717, 1.165) is 38.5 Å². The zero-order valence-electron chi connectivity index (χ0n) is 38.5. The molecular formula is C50H83NO9P+. The third-order valence-corrected chi connectivity index (χ3v) is 9.85. The van der Waals surface area contributed by atoms with Gasteiger partial charge in [-0.1, -0.05) is 149 Å². The van der Waals surface area contributed by atoms with Crippen molar-refractivity contribution in [2.45, 2.75) is 148 Å². The summed E-state index contributed by atoms with van der Waals surface area (Å²) >= 11 is 0. The van der Waals surface area contributed by atoms with E-state index in [9.17, 15) is 24.2 Å². The molecule has 0 aliphatic heterocycles. The van der Waals surface area contributed by atoms with Gasteiger partial charge in [0.05, 0.1) is 33.9 Å². The topological polar surface area (TPSA) is 129 Å². The SMILES string of the molecule is CCCCC/C=C\C/C=C\C/C=C\C/C=C\C/C=C\CCC(=O)O[C@H](COC(=O)CCC/C=C\C/C=C\C=C\[C@H](O)C/C=C\CCCCC)COP(=O)(O)OCC[N+](C)(C)C. The summed E-state index contributed by atoms with van der Waals surface area (Å²) in [6.07, 6.45) is 51.9. The van der Waals surface area contributed by atoms with E-state index >= 15 is 0 Å². The van der Waals surface area contributed by atoms with Gasteiger partial charge in [0.1, 0.15) is 19.8 Å². The standard InChI is InChI=1S/C50H82NO9P/c1-6-8-10-12-14-15-16-17-18-19-20-21-22-23-24-25-30-34-38-42-50(54)60-48(46-59-61(55,56)58-44-43-51(3,4)5)45-57-49(53)41-37-33-29-27-26-28-32-36-40-47(52)39-35-31-13-11-9-7-2/h14-15,17-18,20-21,23-24,27-32,34-36,40,47-48,52H,6-13,16,19,22,25-26,33,37-39,41-46H2,1-5H3/p+1/b15-14-,18-17-,21-20-,24-23-,29-27-,32-28-,34-30-,35-31-,40-36+/t47-,48-/m1/s1. The lowest BCUT2D eigenvalue weighted by atomic mass is 10.1. The Morgan fingerprint density at radius 2 is 1.10 bits per heavy atom. The highest BCUT2D eigenvalue weighted by atomic mass is 31.2. The molecule has 10 nitrogen and oxygen atoms in total. The van der Waals surface area contributed by atoms with Crippen LogP contribution in [0.25, 0.3) is 0 Å². The zero-order valence-corrected chi connectivity index (χ0v) is 39.4. The van der Waals surface area contributed by atoms with Crippen molar-refractivity contribution in [3.63, 3.8) is 0 Å². The molecule has 346 valence electrons. The van der Waals surface area contributed by atoms with Gasteiger partial charge in [-0.15, -0.1) is 0 Å². The minimum Gasteiger partial charge on any atom is -0.462 e. The summed E-state index contributed by atoms with van der Waals surface area (Å²) in [6.45, 7) is 4.09. The fourth-order valence-corrected chi connectivity index (χ4v) is 5.99. The maximum atomic E-state index is 12.7. The second-order valence-electron chi connectivity index (χ2n) is 15.9. The van der Waals surface area contributed by atoms with Crippen LogP contribution in [0.2, 0.25) is 0 Å². The molecule has 0 saturated heterocycles. The Kier molecular flexibility index (Phi) is 38.4. The number of aliphatic hydroxyl groups is 1. The van der Waals surface area contributed by atoms with Crippen molar-refractivity contribution < 1.29 is 47.2 Å². The molecule has 0 radical (unpaired) electrons. The number of ether oxygens (including phenoxy) is 2. The first-order valence-electron chi connectivity index (χ1n) is 22.7. The third kappa shape index (κ3) is 44.5. The molecule has 0 aromatic heterocycles. The highest BCUT2D eigenvalue weighted by Crippen LogP contribution is 2.43. The third-order valence-electron chi connectivity index (χ3n) is 8.87. The number of likely N-dealkylation sites (N-methyl/N-ethyl adjacent to an activating group) is 1. The Bertz CT molecular complexity index is 1420. The Labute approximate surface area is 370 Å². The summed E-state index contributed by atoms with van der Waals surface area (Å²) in [6, 6.07) is 0. The number of aliphatic hydroxyl groups excluding tert-OH is 1. The summed E-state index contributed by atoms with van der Waals surface area (Å²) in [5.74, 6) is -1.01. The van der Waals surface area contributed by atoms with Crippen LogP contribution >= 0.6 is 7.82 Å². The van der Waals surface area contributed by atoms with Gasteiger partial charge in [-0.05, 0) is 83.5 Å². The van der Waals surface area contributed by atoms with Crippen molar-refractivity contribution in [3.05, 3.63) is 109 Å². The molecule has 0 fully saturated rings. The van der Waals surface area contributed by atoms with Crippen LogP contribution in [0.5, 0.6) is 0 Å². The fraction of sp³-hybridized carbons (Fsp3) is 0.600. The molecule has 0 bridgehead atoms. The minimum absolute atomic E-state index is 0.00656. The molecule has 0 aromatic rings. The molecule has 0 heterocycles. The molecule has 0 amide bonds. The number of allylic oxidation sites excluding steroid dienone is 16. The molecule has 61 heavy (non-hydrogen) atoms. The summed E-state index contributed by atoms with van der Waals surface area (Å²) in [5, 5.41) is 10.0. The summed E-state index contributed by atoms with van der Waals surface area (Å²) in [5.41, 5.74) is 0. The predicted molar refractivity (Wildman–Crippen MR) is 253 cm³/mol. The van der Waals surface area contributed by atoms with E-state index in [1.807, 2.05) is 69.8 Å². The Morgan fingerprint density at radius 1 is 0.590 bits per heavy atom. The minimum atomic E-state index is -4.43. The molecular weight excluding hydrogens is 790 g/mol. The van der Waals surface area contributed by atoms with Gasteiger partial charge in [0.2, 0.25) is 0 Å². The van der Waals surface area contributed by atoms with Gasteiger partial charge in [-0.25, -0.2) is 4.57 Å². The Morgan fingerprint density at radius 3 is 1.66 bits per heavy atom. The van der Waals surface area contributed by atoms with Crippen LogP contribution in [0, 0.1) is 0 Å². The van der Waals surface area contributed by atoms with Crippen molar-refractivity contribution in [2.24, 2.45) is 0 Å². The van der Waals surface area contributed by atoms with Crippen LogP contribution in [-0.2, 0) is 32.7 Å². The molecule has 3 atom stereocenters. The van der Waals surface area contributed by atoms with Crippen molar-refractivity contribution >= 4 is 19.8 Å². The summed E-state index contributed by atoms with van der Waals surface area (Å²) in [4.78, 5) is 35.3. The summed E-state index contributed by atoms with van der Waals surface area (Å²) in [7, 11) is 1.35. The molecule has 1 unspecified atom stereocenters. The van der Waals surface area contributed by atoms with Crippen LogP contribution in [0.4, 0.5) is 0 Å². The average molecular weight is 873 g/mol. The van der Waals surface area contributed by atoms with E-state index in [4.69, 9.17) is 18.5 Å². The largest absolute Gasteiger partial charge is 0.472 e. The van der Waals surface area contributed by atoms with Gasteiger partial charge in [0.15, 0.2) is 6.10 Å². The molecule has 0 spiro atoms. The first kappa shape index (κ1) is 57.6. The lowest BCUT2D eigenvalue weighted by molar-refractivity contribution is -0.870. The van der Waals surface area contributed by atoms with Gasteiger partial charge >= 0.3 is 19.8 Å². The first-order chi connectivity index (χ1) is 29.4. The van der Waals surface area contributed by atoms with Crippen molar-refractivity contribution in [3.8, 4) is 0 Å². The number of phosphoric acid groups is 1. The zero-order chi connectivity index (χ0) is 45.1. The number of rotatable bonds is 39. The number of unbranched alkanes of at least 4 members (excludes halogenated alkanes) is 7. The normalized spacial score (nSPS) is 15.1. The van der Waals surface area contributed by atoms with Crippen LogP contribution in [0.3, 0.4) is 0 Å². The number of esters is 2. The van der Waals surface area contributed by atoms with Gasteiger partial charge in [-0.3, -0.25) is 18.6 Å². The second kappa shape index (κ2) is 40.7. The van der Waals surface area contributed by atoms with Crippen LogP contribution in [0.15, 0.2) is 109 Å². The van der Waals surface area contributed by atoms with Crippen molar-refractivity contribution in [1.29, 1.82) is 0 Å². The average Bonchev–Trinajstić information content (AvgIpc) is 3.21. The molecule has 0 rings (SSSR count). The molecule has 0 aromatic carbocycles. The van der Waals surface area contributed by atoms with Gasteiger partial charge in [-0.2, -0.15) is 0 Å². The Balaban J connectivity index is 4.65. The monoisotopic (exact) mass is 873 g/mol. The molecule has 11 heteroatoms. The number of hydrogen-bond acceptors (Lipinski definition) is 8. The highest BCUT2D eigenvalue weighted by molar-refractivity contribution is 7.47. The highest BCUT2D eigenvalue weighted by Gasteiger charge is 2.27. The van der Waals surface area contributed by atoms with Crippen LogP contribution in [-0.4, -0.2) is 86.1 Å². The Hall–Kier alpha value is -3.37. The van der Waals surface area contributed by atoms with Crippen LogP contribution < -0.4 is 0 Å². The lowest BCUT2D eigenvalue weighted by Crippen LogP contribution is -2.37. The second-order valence-corrected chi connectivity index (χ2v) is 17.4. The number of carbonyl (C=O) groups is 2. The number of quaternary nitrogens is 1. The predicted octanol–water partition coefficient (Wildman–Crippen LogP) is 12.1. The van der Waals surface area contributed by atoms with E-state index in [1.54, 1.807) is 6.08 Å². The molecule has 0 aliphatic carbocycles. The van der Waals surface area contributed by atoms with Crippen molar-refractivity contribution in [2.75, 3.05) is 47.5 Å². The van der Waals surface area contributed by atoms with Gasteiger partial charge in [0, 0.05) is 12.8 Å². The molecule has 0 saturated carbocycles. The van der Waals surface area contributed by atoms with Crippen molar-refractivity contribution in [1.82, 2.24) is 0 Å². The number of nitrogens with zero attached hydrogens (tertiary/aromatic N) is 1. The van der Waals surface area contributed by atoms with E-state index in [0.29, 0.717) is 36.7 Å². The number of carbonyl (C=O) groups excluding carboxylic acids is 2. The van der Waals surface area contributed by atoms with Gasteiger partial charge in [0.25, 0.3) is 0 Å². The smallest absolute Gasteiger partial charge is 0.462 e. The van der Waals surface area contributed by atoms with E-state index in [1.165, 1.54) is 44.9 Å². The summed E-state index contributed by atoms with van der Waals surface area (Å²) < 4.78 is 34.1.